The molecule has 0 bridgehead atoms. The Labute approximate surface area is 122 Å². The Morgan fingerprint density at radius 2 is 2.25 bits per heavy atom. The zero-order chi connectivity index (χ0) is 13.9. The summed E-state index contributed by atoms with van der Waals surface area (Å²) < 4.78 is 5.95. The predicted molar refractivity (Wildman–Crippen MR) is 82.3 cm³/mol. The summed E-state index contributed by atoms with van der Waals surface area (Å²) in [5, 5.41) is 3.80. The van der Waals surface area contributed by atoms with E-state index in [0.717, 1.165) is 31.2 Å². The summed E-state index contributed by atoms with van der Waals surface area (Å²) in [5.74, 6) is 1.92. The number of hydrogen-bond donors (Lipinski definition) is 1. The lowest BCUT2D eigenvalue weighted by atomic mass is 9.99. The summed E-state index contributed by atoms with van der Waals surface area (Å²) in [5.41, 5.74) is 2.62. The number of ether oxygens (including phenoxy) is 1. The van der Waals surface area contributed by atoms with Crippen molar-refractivity contribution in [3.8, 4) is 5.75 Å². The van der Waals surface area contributed by atoms with Crippen LogP contribution in [0.4, 0.5) is 0 Å². The van der Waals surface area contributed by atoms with E-state index in [-0.39, 0.29) is 0 Å². The van der Waals surface area contributed by atoms with Crippen LogP contribution in [-0.2, 0) is 0 Å². The van der Waals surface area contributed by atoms with Gasteiger partial charge in [0, 0.05) is 18.2 Å². The number of nitrogens with one attached hydrogen (secondary N) is 1. The first kappa shape index (κ1) is 13.9. The molecule has 1 fully saturated rings. The fourth-order valence-corrected chi connectivity index (χ4v) is 3.48. The first-order chi connectivity index (χ1) is 9.74. The average Bonchev–Trinajstić information content (AvgIpc) is 2.73. The second-order valence-corrected chi connectivity index (χ2v) is 6.36. The predicted octanol–water partition coefficient (Wildman–Crippen LogP) is 2.75. The van der Waals surface area contributed by atoms with Gasteiger partial charge >= 0.3 is 0 Å². The summed E-state index contributed by atoms with van der Waals surface area (Å²) >= 11 is 0. The highest BCUT2D eigenvalue weighted by Crippen LogP contribution is 2.34. The van der Waals surface area contributed by atoms with Crippen molar-refractivity contribution in [1.82, 2.24) is 10.2 Å². The normalized spacial score (nSPS) is 26.9. The number of para-hydroxylation sites is 1. The van der Waals surface area contributed by atoms with E-state index in [0.29, 0.717) is 6.04 Å². The molecular weight excluding hydrogens is 248 g/mol. The van der Waals surface area contributed by atoms with Crippen LogP contribution in [0.5, 0.6) is 5.75 Å². The van der Waals surface area contributed by atoms with Crippen molar-refractivity contribution in [2.75, 3.05) is 33.3 Å². The number of benzene rings is 1. The van der Waals surface area contributed by atoms with Gasteiger partial charge in [0.1, 0.15) is 5.75 Å². The molecule has 3 heteroatoms. The van der Waals surface area contributed by atoms with Gasteiger partial charge in [-0.05, 0) is 57.8 Å². The first-order valence-corrected chi connectivity index (χ1v) is 7.88. The highest BCUT2D eigenvalue weighted by atomic mass is 16.5. The van der Waals surface area contributed by atoms with Crippen LogP contribution in [0.15, 0.2) is 18.2 Å². The van der Waals surface area contributed by atoms with E-state index in [1.807, 2.05) is 0 Å². The van der Waals surface area contributed by atoms with E-state index >= 15 is 0 Å². The number of aryl methyl sites for hydroxylation is 1. The molecule has 2 atom stereocenters. The van der Waals surface area contributed by atoms with Crippen LogP contribution in [-0.4, -0.2) is 38.2 Å². The first-order valence-electron chi connectivity index (χ1n) is 7.88. The zero-order valence-corrected chi connectivity index (χ0v) is 12.7. The summed E-state index contributed by atoms with van der Waals surface area (Å²) in [4.78, 5) is 2.43. The molecule has 1 saturated heterocycles. The Morgan fingerprint density at radius 1 is 1.35 bits per heavy atom. The van der Waals surface area contributed by atoms with Gasteiger partial charge < -0.3 is 15.0 Å². The minimum atomic E-state index is 0.457. The maximum atomic E-state index is 5.95. The highest BCUT2D eigenvalue weighted by Gasteiger charge is 2.24. The number of hydrogen-bond acceptors (Lipinski definition) is 3. The molecule has 0 radical (unpaired) electrons. The van der Waals surface area contributed by atoms with Gasteiger partial charge in [-0.15, -0.1) is 0 Å². The lowest BCUT2D eigenvalue weighted by molar-refractivity contribution is 0.312. The van der Waals surface area contributed by atoms with Crippen molar-refractivity contribution < 1.29 is 4.74 Å². The van der Waals surface area contributed by atoms with Crippen molar-refractivity contribution >= 4 is 0 Å². The lowest BCUT2D eigenvalue weighted by Gasteiger charge is -2.21. The largest absolute Gasteiger partial charge is 0.493 e. The monoisotopic (exact) mass is 274 g/mol. The molecule has 110 valence electrons. The van der Waals surface area contributed by atoms with E-state index in [4.69, 9.17) is 4.74 Å². The third kappa shape index (κ3) is 2.99. The van der Waals surface area contributed by atoms with Crippen molar-refractivity contribution in [2.45, 2.75) is 32.2 Å². The van der Waals surface area contributed by atoms with Gasteiger partial charge in [0.25, 0.3) is 0 Å². The van der Waals surface area contributed by atoms with Crippen LogP contribution in [0, 0.1) is 12.8 Å². The van der Waals surface area contributed by atoms with Crippen molar-refractivity contribution in [1.29, 1.82) is 0 Å². The molecule has 2 unspecified atom stereocenters. The molecule has 2 aliphatic rings. The summed E-state index contributed by atoms with van der Waals surface area (Å²) in [6.07, 6.45) is 3.64. The van der Waals surface area contributed by atoms with Crippen LogP contribution >= 0.6 is 0 Å². The fraction of sp³-hybridized carbons (Fsp3) is 0.647. The molecule has 1 N–H and O–H groups in total. The number of fused-ring (bicyclic) bond motifs is 1. The second-order valence-electron chi connectivity index (χ2n) is 6.36. The van der Waals surface area contributed by atoms with Crippen LogP contribution in [0.25, 0.3) is 0 Å². The summed E-state index contributed by atoms with van der Waals surface area (Å²) in [6, 6.07) is 6.98. The molecule has 0 saturated carbocycles. The molecule has 2 aliphatic heterocycles. The van der Waals surface area contributed by atoms with E-state index in [9.17, 15) is 0 Å². The van der Waals surface area contributed by atoms with Gasteiger partial charge in [-0.3, -0.25) is 0 Å². The smallest absolute Gasteiger partial charge is 0.126 e. The van der Waals surface area contributed by atoms with Crippen molar-refractivity contribution in [3.05, 3.63) is 29.3 Å². The average molecular weight is 274 g/mol. The minimum Gasteiger partial charge on any atom is -0.493 e. The maximum Gasteiger partial charge on any atom is 0.126 e. The topological polar surface area (TPSA) is 24.5 Å². The van der Waals surface area contributed by atoms with Gasteiger partial charge in [-0.2, -0.15) is 0 Å². The molecule has 0 aromatic heterocycles. The highest BCUT2D eigenvalue weighted by molar-refractivity contribution is 5.43. The molecule has 20 heavy (non-hydrogen) atoms. The van der Waals surface area contributed by atoms with Crippen molar-refractivity contribution in [3.63, 3.8) is 0 Å². The molecule has 0 aliphatic carbocycles. The molecular formula is C17H26N2O. The Balaban J connectivity index is 1.69. The summed E-state index contributed by atoms with van der Waals surface area (Å²) in [7, 11) is 2.22. The van der Waals surface area contributed by atoms with Crippen LogP contribution in [0.2, 0.25) is 0 Å². The molecule has 2 heterocycles. The third-order valence-corrected chi connectivity index (χ3v) is 4.64. The van der Waals surface area contributed by atoms with Gasteiger partial charge in [0.05, 0.1) is 6.61 Å². The quantitative estimate of drug-likeness (QED) is 0.917. The zero-order valence-electron chi connectivity index (χ0n) is 12.7. The standard InChI is InChI=1S/C17H26N2O/c1-13-5-3-6-15-16(7-4-10-20-17(13)15)18-11-14-8-9-19(2)12-14/h3,5-6,14,16,18H,4,7-12H2,1-2H3. The third-order valence-electron chi connectivity index (χ3n) is 4.64. The fourth-order valence-electron chi connectivity index (χ4n) is 3.48. The Bertz CT molecular complexity index is 460. The lowest BCUT2D eigenvalue weighted by Crippen LogP contribution is -2.28. The van der Waals surface area contributed by atoms with Gasteiger partial charge in [0.15, 0.2) is 0 Å². The van der Waals surface area contributed by atoms with E-state index in [1.54, 1.807) is 0 Å². The van der Waals surface area contributed by atoms with Crippen molar-refractivity contribution in [2.24, 2.45) is 5.92 Å². The van der Waals surface area contributed by atoms with Crippen LogP contribution < -0.4 is 10.1 Å². The van der Waals surface area contributed by atoms with Gasteiger partial charge in [-0.1, -0.05) is 18.2 Å². The molecule has 3 nitrogen and oxygen atoms in total. The van der Waals surface area contributed by atoms with E-state index < -0.39 is 0 Å². The number of nitrogens with zero attached hydrogens (tertiary/aromatic N) is 1. The Kier molecular flexibility index (Phi) is 4.27. The van der Waals surface area contributed by atoms with E-state index in [1.165, 1.54) is 37.1 Å². The molecule has 0 spiro atoms. The van der Waals surface area contributed by atoms with E-state index in [2.05, 4.69) is 42.4 Å². The Hall–Kier alpha value is -1.06. The van der Waals surface area contributed by atoms with Gasteiger partial charge in [0.2, 0.25) is 0 Å². The number of rotatable bonds is 3. The minimum absolute atomic E-state index is 0.457. The second kappa shape index (κ2) is 6.15. The maximum absolute atomic E-state index is 5.95. The number of likely N-dealkylation sites (tertiary alicyclic amines) is 1. The van der Waals surface area contributed by atoms with Crippen LogP contribution in [0.3, 0.4) is 0 Å². The van der Waals surface area contributed by atoms with Gasteiger partial charge in [-0.25, -0.2) is 0 Å². The molecule has 3 rings (SSSR count). The molecule has 0 amide bonds. The SMILES string of the molecule is Cc1cccc2c1OCCCC2NCC1CCN(C)C1. The van der Waals surface area contributed by atoms with Crippen LogP contribution in [0.1, 0.15) is 36.4 Å². The Morgan fingerprint density at radius 3 is 3.05 bits per heavy atom. The molecule has 1 aromatic rings. The summed E-state index contributed by atoms with van der Waals surface area (Å²) in [6.45, 7) is 6.60. The molecule has 1 aromatic carbocycles.